The molecule has 0 N–H and O–H groups in total. The van der Waals surface area contributed by atoms with Gasteiger partial charge in [0.05, 0.1) is 0 Å². The Morgan fingerprint density at radius 3 is 2.52 bits per heavy atom. The molecule has 0 unspecified atom stereocenters. The summed E-state index contributed by atoms with van der Waals surface area (Å²) < 4.78 is 2.08. The summed E-state index contributed by atoms with van der Waals surface area (Å²) >= 11 is 5.95. The van der Waals surface area contributed by atoms with E-state index in [1.165, 1.54) is 0 Å². The van der Waals surface area contributed by atoms with Gasteiger partial charge in [0.1, 0.15) is 5.82 Å². The first-order valence-corrected chi connectivity index (χ1v) is 7.10. The van der Waals surface area contributed by atoms with Gasteiger partial charge in [-0.05, 0) is 42.5 Å². The summed E-state index contributed by atoms with van der Waals surface area (Å²) in [4.78, 5) is 6.56. The number of benzene rings is 2. The zero-order valence-corrected chi connectivity index (χ0v) is 12.7. The fourth-order valence-corrected chi connectivity index (χ4v) is 2.37. The predicted octanol–water partition coefficient (Wildman–Crippen LogP) is 4.26. The van der Waals surface area contributed by atoms with E-state index in [9.17, 15) is 0 Å². The molecule has 2 aromatic carbocycles. The molecule has 0 fully saturated rings. The summed E-state index contributed by atoms with van der Waals surface area (Å²) in [6.07, 6.45) is 3.78. The molecule has 21 heavy (non-hydrogen) atoms. The van der Waals surface area contributed by atoms with Gasteiger partial charge in [-0.15, -0.1) is 0 Å². The fraction of sp³-hybridized carbons (Fsp3) is 0.118. The molecule has 3 nitrogen and oxygen atoms in total. The lowest BCUT2D eigenvalue weighted by Gasteiger charge is -2.15. The lowest BCUT2D eigenvalue weighted by molar-refractivity contribution is 1.06. The highest BCUT2D eigenvalue weighted by Gasteiger charge is 2.08. The quantitative estimate of drug-likeness (QED) is 0.720. The van der Waals surface area contributed by atoms with E-state index in [4.69, 9.17) is 11.6 Å². The lowest BCUT2D eigenvalue weighted by atomic mass is 10.2. The number of anilines is 1. The molecule has 0 saturated heterocycles. The van der Waals surface area contributed by atoms with Crippen molar-refractivity contribution < 1.29 is 0 Å². The topological polar surface area (TPSA) is 21.1 Å². The van der Waals surface area contributed by atoms with E-state index in [0.717, 1.165) is 27.8 Å². The molecule has 3 rings (SSSR count). The van der Waals surface area contributed by atoms with E-state index in [0.29, 0.717) is 0 Å². The van der Waals surface area contributed by atoms with E-state index in [1.807, 2.05) is 50.8 Å². The molecule has 0 radical (unpaired) electrons. The highest BCUT2D eigenvalue weighted by Crippen LogP contribution is 2.24. The van der Waals surface area contributed by atoms with Gasteiger partial charge in [-0.2, -0.15) is 0 Å². The Kier molecular flexibility index (Phi) is 3.67. The normalized spacial score (nSPS) is 10.6. The number of aromatic nitrogens is 2. The minimum atomic E-state index is 0.728. The monoisotopic (exact) mass is 297 g/mol. The number of rotatable bonds is 3. The molecule has 4 heteroatoms. The molecule has 0 aliphatic heterocycles. The molecule has 1 aromatic heterocycles. The van der Waals surface area contributed by atoms with Crippen LogP contribution in [-0.4, -0.2) is 23.6 Å². The predicted molar refractivity (Wildman–Crippen MR) is 88.3 cm³/mol. The zero-order chi connectivity index (χ0) is 14.8. The van der Waals surface area contributed by atoms with Crippen molar-refractivity contribution in [3.8, 4) is 17.1 Å². The van der Waals surface area contributed by atoms with Gasteiger partial charge >= 0.3 is 0 Å². The Hall–Kier alpha value is -2.26. The van der Waals surface area contributed by atoms with Gasteiger partial charge < -0.3 is 4.90 Å². The van der Waals surface area contributed by atoms with E-state index in [1.54, 1.807) is 0 Å². The van der Waals surface area contributed by atoms with E-state index in [2.05, 4.69) is 38.7 Å². The molecule has 0 atom stereocenters. The van der Waals surface area contributed by atoms with E-state index in [-0.39, 0.29) is 0 Å². The maximum absolute atomic E-state index is 5.95. The van der Waals surface area contributed by atoms with Crippen molar-refractivity contribution in [3.05, 3.63) is 65.9 Å². The molecular formula is C17H16ClN3. The van der Waals surface area contributed by atoms with Crippen LogP contribution in [0.3, 0.4) is 0 Å². The number of hydrogen-bond donors (Lipinski definition) is 0. The summed E-state index contributed by atoms with van der Waals surface area (Å²) in [7, 11) is 4.07. The molecule has 3 aromatic rings. The van der Waals surface area contributed by atoms with Crippen LogP contribution in [0.1, 0.15) is 0 Å². The minimum absolute atomic E-state index is 0.728. The van der Waals surface area contributed by atoms with Crippen molar-refractivity contribution in [2.45, 2.75) is 0 Å². The highest BCUT2D eigenvalue weighted by molar-refractivity contribution is 6.30. The van der Waals surface area contributed by atoms with Gasteiger partial charge in [-0.1, -0.05) is 17.7 Å². The van der Waals surface area contributed by atoms with Crippen molar-refractivity contribution in [1.82, 2.24) is 9.55 Å². The Bertz CT molecular complexity index is 745. The maximum Gasteiger partial charge on any atom is 0.144 e. The van der Waals surface area contributed by atoms with Crippen LogP contribution < -0.4 is 4.90 Å². The second-order valence-corrected chi connectivity index (χ2v) is 5.48. The molecule has 0 bridgehead atoms. The first kappa shape index (κ1) is 13.7. The molecule has 0 amide bonds. The van der Waals surface area contributed by atoms with Gasteiger partial charge in [0.15, 0.2) is 0 Å². The summed E-state index contributed by atoms with van der Waals surface area (Å²) in [6.45, 7) is 0. The first-order valence-electron chi connectivity index (χ1n) is 6.72. The van der Waals surface area contributed by atoms with Gasteiger partial charge in [-0.3, -0.25) is 4.57 Å². The van der Waals surface area contributed by atoms with Crippen LogP contribution in [0.15, 0.2) is 60.9 Å². The van der Waals surface area contributed by atoms with Crippen LogP contribution in [-0.2, 0) is 0 Å². The molecule has 0 aliphatic rings. The smallest absolute Gasteiger partial charge is 0.144 e. The third-order valence-corrected chi connectivity index (χ3v) is 3.62. The van der Waals surface area contributed by atoms with Crippen LogP contribution >= 0.6 is 11.6 Å². The van der Waals surface area contributed by atoms with Crippen LogP contribution in [0.2, 0.25) is 5.02 Å². The fourth-order valence-electron chi connectivity index (χ4n) is 2.25. The third kappa shape index (κ3) is 2.78. The summed E-state index contributed by atoms with van der Waals surface area (Å²) in [5.41, 5.74) is 3.28. The third-order valence-electron chi connectivity index (χ3n) is 3.37. The largest absolute Gasteiger partial charge is 0.378 e. The maximum atomic E-state index is 5.95. The molecular weight excluding hydrogens is 282 g/mol. The number of nitrogens with zero attached hydrogens (tertiary/aromatic N) is 3. The van der Waals surface area contributed by atoms with Crippen LogP contribution in [0.25, 0.3) is 17.1 Å². The second-order valence-electron chi connectivity index (χ2n) is 5.04. The molecule has 0 spiro atoms. The minimum Gasteiger partial charge on any atom is -0.378 e. The van der Waals surface area contributed by atoms with Gasteiger partial charge in [0, 0.05) is 48.4 Å². The van der Waals surface area contributed by atoms with Gasteiger partial charge in [0.25, 0.3) is 0 Å². The number of halogens is 1. The van der Waals surface area contributed by atoms with Crippen molar-refractivity contribution in [2.24, 2.45) is 0 Å². The standard InChI is InChI=1S/C17H16ClN3/c1-20(2)15-4-3-5-16(12-15)21-11-10-19-17(21)13-6-8-14(18)9-7-13/h3-12H,1-2H3. The van der Waals surface area contributed by atoms with E-state index >= 15 is 0 Å². The highest BCUT2D eigenvalue weighted by atomic mass is 35.5. The summed E-state index contributed by atoms with van der Waals surface area (Å²) in [5, 5.41) is 0.728. The van der Waals surface area contributed by atoms with Crippen LogP contribution in [0.4, 0.5) is 5.69 Å². The van der Waals surface area contributed by atoms with Crippen LogP contribution in [0, 0.1) is 0 Å². The molecule has 0 saturated carbocycles. The Morgan fingerprint density at radius 2 is 1.81 bits per heavy atom. The summed E-state index contributed by atoms with van der Waals surface area (Å²) in [5.74, 6) is 0.905. The second kappa shape index (κ2) is 5.62. The lowest BCUT2D eigenvalue weighted by Crippen LogP contribution is -2.09. The van der Waals surface area contributed by atoms with E-state index < -0.39 is 0 Å². The Labute approximate surface area is 129 Å². The summed E-state index contributed by atoms with van der Waals surface area (Å²) in [6, 6.07) is 16.1. The van der Waals surface area contributed by atoms with Gasteiger partial charge in [0.2, 0.25) is 0 Å². The van der Waals surface area contributed by atoms with Crippen molar-refractivity contribution in [3.63, 3.8) is 0 Å². The first-order chi connectivity index (χ1) is 10.1. The molecule has 106 valence electrons. The Morgan fingerprint density at radius 1 is 1.05 bits per heavy atom. The zero-order valence-electron chi connectivity index (χ0n) is 12.0. The number of imidazole rings is 1. The molecule has 1 heterocycles. The van der Waals surface area contributed by atoms with Gasteiger partial charge in [-0.25, -0.2) is 4.98 Å². The SMILES string of the molecule is CN(C)c1cccc(-n2ccnc2-c2ccc(Cl)cc2)c1. The molecule has 0 aliphatic carbocycles. The van der Waals surface area contributed by atoms with Crippen LogP contribution in [0.5, 0.6) is 0 Å². The van der Waals surface area contributed by atoms with Crippen molar-refractivity contribution in [2.75, 3.05) is 19.0 Å². The van der Waals surface area contributed by atoms with Crippen molar-refractivity contribution in [1.29, 1.82) is 0 Å². The number of hydrogen-bond acceptors (Lipinski definition) is 2. The Balaban J connectivity index is 2.06. The average Bonchev–Trinajstić information content (AvgIpc) is 2.97. The average molecular weight is 298 g/mol. The van der Waals surface area contributed by atoms with Crippen molar-refractivity contribution >= 4 is 17.3 Å².